The second-order valence-corrected chi connectivity index (χ2v) is 5.40. The number of carbonyl (C=O) groups is 1. The van der Waals surface area contributed by atoms with Crippen molar-refractivity contribution in [3.05, 3.63) is 41.0 Å². The van der Waals surface area contributed by atoms with Gasteiger partial charge in [0.05, 0.1) is 7.11 Å². The molecule has 0 aliphatic carbocycles. The van der Waals surface area contributed by atoms with Crippen LogP contribution >= 0.6 is 0 Å². The van der Waals surface area contributed by atoms with Crippen LogP contribution in [0.4, 0.5) is 0 Å². The van der Waals surface area contributed by atoms with Gasteiger partial charge < -0.3 is 9.47 Å². The number of benzene rings is 1. The zero-order chi connectivity index (χ0) is 15.2. The number of rotatable bonds is 5. The molecule has 0 saturated carbocycles. The minimum absolute atomic E-state index is 0.227. The van der Waals surface area contributed by atoms with E-state index in [2.05, 4.69) is 30.0 Å². The van der Waals surface area contributed by atoms with Gasteiger partial charge in [-0.1, -0.05) is 18.2 Å². The van der Waals surface area contributed by atoms with E-state index in [0.29, 0.717) is 13.2 Å². The predicted molar refractivity (Wildman–Crippen MR) is 82.6 cm³/mol. The van der Waals surface area contributed by atoms with Gasteiger partial charge in [-0.15, -0.1) is 0 Å². The maximum atomic E-state index is 11.5. The summed E-state index contributed by atoms with van der Waals surface area (Å²) in [5.74, 6) is 0.714. The molecule has 0 spiro atoms. The van der Waals surface area contributed by atoms with E-state index in [0.717, 1.165) is 36.4 Å². The molecule has 0 unspecified atom stereocenters. The predicted octanol–water partition coefficient (Wildman–Crippen LogP) is 2.49. The summed E-state index contributed by atoms with van der Waals surface area (Å²) in [5, 5.41) is 0. The highest BCUT2D eigenvalue weighted by molar-refractivity contribution is 5.88. The fourth-order valence-corrected chi connectivity index (χ4v) is 2.42. The van der Waals surface area contributed by atoms with Crippen molar-refractivity contribution >= 4 is 5.97 Å². The second kappa shape index (κ2) is 7.27. The third-order valence-corrected chi connectivity index (χ3v) is 3.69. The van der Waals surface area contributed by atoms with E-state index >= 15 is 0 Å². The Labute approximate surface area is 126 Å². The van der Waals surface area contributed by atoms with Crippen LogP contribution in [-0.2, 0) is 9.53 Å². The summed E-state index contributed by atoms with van der Waals surface area (Å²) < 4.78 is 10.6. The molecule has 21 heavy (non-hydrogen) atoms. The molecule has 1 aromatic rings. The normalized spacial score (nSPS) is 15.5. The molecule has 2 rings (SSSR count). The van der Waals surface area contributed by atoms with Gasteiger partial charge in [-0.25, -0.2) is 4.79 Å². The molecule has 0 N–H and O–H groups in total. The summed E-state index contributed by atoms with van der Waals surface area (Å²) in [6, 6.07) is 6.22. The molecule has 4 heteroatoms. The molecule has 1 aliphatic heterocycles. The summed E-state index contributed by atoms with van der Waals surface area (Å²) >= 11 is 0. The molecule has 0 aromatic heterocycles. The van der Waals surface area contributed by atoms with Gasteiger partial charge in [-0.2, -0.15) is 0 Å². The van der Waals surface area contributed by atoms with Crippen molar-refractivity contribution in [2.45, 2.75) is 20.3 Å². The summed E-state index contributed by atoms with van der Waals surface area (Å²) in [5.41, 5.74) is 3.09. The third-order valence-electron chi connectivity index (χ3n) is 3.69. The van der Waals surface area contributed by atoms with Crippen molar-refractivity contribution in [2.24, 2.45) is 0 Å². The molecular weight excluding hydrogens is 266 g/mol. The molecule has 0 saturated heterocycles. The zero-order valence-corrected chi connectivity index (χ0v) is 13.0. The van der Waals surface area contributed by atoms with Crippen LogP contribution in [0.2, 0.25) is 0 Å². The Morgan fingerprint density at radius 3 is 2.90 bits per heavy atom. The third kappa shape index (κ3) is 4.33. The van der Waals surface area contributed by atoms with Crippen LogP contribution in [0.3, 0.4) is 0 Å². The zero-order valence-electron chi connectivity index (χ0n) is 13.0. The summed E-state index contributed by atoms with van der Waals surface area (Å²) in [6.07, 6.45) is 2.85. The standard InChI is InChI=1S/C17H23NO3/c1-13-6-7-14(2)16(11-13)21-10-9-18-8-4-5-15(12-18)17(19)20-3/h5-7,11H,4,8-10,12H2,1-3H3. The van der Waals surface area contributed by atoms with Gasteiger partial charge >= 0.3 is 5.97 Å². The van der Waals surface area contributed by atoms with Gasteiger partial charge in [0, 0.05) is 25.2 Å². The topological polar surface area (TPSA) is 38.8 Å². The van der Waals surface area contributed by atoms with E-state index in [-0.39, 0.29) is 5.97 Å². The van der Waals surface area contributed by atoms with Crippen LogP contribution < -0.4 is 4.74 Å². The lowest BCUT2D eigenvalue weighted by molar-refractivity contribution is -0.136. The Kier molecular flexibility index (Phi) is 5.39. The Balaban J connectivity index is 1.83. The van der Waals surface area contributed by atoms with Gasteiger partial charge in [0.25, 0.3) is 0 Å². The number of esters is 1. The van der Waals surface area contributed by atoms with E-state index < -0.39 is 0 Å². The highest BCUT2D eigenvalue weighted by atomic mass is 16.5. The number of methoxy groups -OCH3 is 1. The van der Waals surface area contributed by atoms with E-state index in [1.54, 1.807) is 0 Å². The first kappa shape index (κ1) is 15.6. The van der Waals surface area contributed by atoms with Gasteiger partial charge in [0.2, 0.25) is 0 Å². The van der Waals surface area contributed by atoms with Crippen molar-refractivity contribution in [3.8, 4) is 5.75 Å². The van der Waals surface area contributed by atoms with Crippen LogP contribution in [0, 0.1) is 13.8 Å². The average molecular weight is 289 g/mol. The molecule has 114 valence electrons. The first-order chi connectivity index (χ1) is 10.1. The summed E-state index contributed by atoms with van der Waals surface area (Å²) in [7, 11) is 1.42. The maximum Gasteiger partial charge on any atom is 0.334 e. The van der Waals surface area contributed by atoms with Crippen molar-refractivity contribution in [2.75, 3.05) is 33.4 Å². The number of hydrogen-bond acceptors (Lipinski definition) is 4. The monoisotopic (exact) mass is 289 g/mol. The van der Waals surface area contributed by atoms with Gasteiger partial charge in [-0.05, 0) is 37.5 Å². The van der Waals surface area contributed by atoms with Crippen LogP contribution in [-0.4, -0.2) is 44.2 Å². The van der Waals surface area contributed by atoms with Crippen LogP contribution in [0.15, 0.2) is 29.8 Å². The first-order valence-corrected chi connectivity index (χ1v) is 7.30. The minimum Gasteiger partial charge on any atom is -0.492 e. The van der Waals surface area contributed by atoms with Gasteiger partial charge in [0.1, 0.15) is 12.4 Å². The molecule has 0 bridgehead atoms. The largest absolute Gasteiger partial charge is 0.492 e. The van der Waals surface area contributed by atoms with Crippen molar-refractivity contribution < 1.29 is 14.3 Å². The van der Waals surface area contributed by atoms with E-state index in [1.165, 1.54) is 12.7 Å². The maximum absolute atomic E-state index is 11.5. The highest BCUT2D eigenvalue weighted by Gasteiger charge is 2.18. The van der Waals surface area contributed by atoms with Crippen LogP contribution in [0.1, 0.15) is 17.5 Å². The van der Waals surface area contributed by atoms with Crippen molar-refractivity contribution in [1.82, 2.24) is 4.90 Å². The average Bonchev–Trinajstić information content (AvgIpc) is 2.50. The molecule has 1 heterocycles. The number of aryl methyl sites for hydroxylation is 2. The summed E-state index contributed by atoms with van der Waals surface area (Å²) in [4.78, 5) is 13.8. The Morgan fingerprint density at radius 1 is 1.33 bits per heavy atom. The molecule has 0 fully saturated rings. The molecule has 1 aliphatic rings. The van der Waals surface area contributed by atoms with E-state index in [4.69, 9.17) is 9.47 Å². The Hall–Kier alpha value is -1.81. The number of hydrogen-bond donors (Lipinski definition) is 0. The van der Waals surface area contributed by atoms with Gasteiger partial charge in [-0.3, -0.25) is 4.90 Å². The Bertz CT molecular complexity index is 537. The number of ether oxygens (including phenoxy) is 2. The molecule has 0 amide bonds. The van der Waals surface area contributed by atoms with Gasteiger partial charge in [0.15, 0.2) is 0 Å². The molecule has 0 radical (unpaired) electrons. The quantitative estimate of drug-likeness (QED) is 0.781. The smallest absolute Gasteiger partial charge is 0.334 e. The fraction of sp³-hybridized carbons (Fsp3) is 0.471. The lowest BCUT2D eigenvalue weighted by atomic mass is 10.1. The highest BCUT2D eigenvalue weighted by Crippen LogP contribution is 2.19. The lowest BCUT2D eigenvalue weighted by Crippen LogP contribution is -2.35. The molecule has 0 atom stereocenters. The second-order valence-electron chi connectivity index (χ2n) is 5.40. The molecule has 1 aromatic carbocycles. The fourth-order valence-electron chi connectivity index (χ4n) is 2.42. The molecule has 4 nitrogen and oxygen atoms in total. The van der Waals surface area contributed by atoms with Crippen LogP contribution in [0.5, 0.6) is 5.75 Å². The lowest BCUT2D eigenvalue weighted by Gasteiger charge is -2.26. The molecular formula is C17H23NO3. The van der Waals surface area contributed by atoms with E-state index in [1.807, 2.05) is 13.0 Å². The first-order valence-electron chi connectivity index (χ1n) is 7.30. The minimum atomic E-state index is -0.227. The van der Waals surface area contributed by atoms with Crippen molar-refractivity contribution in [1.29, 1.82) is 0 Å². The summed E-state index contributed by atoms with van der Waals surface area (Å²) in [6.45, 7) is 7.14. The van der Waals surface area contributed by atoms with Crippen molar-refractivity contribution in [3.63, 3.8) is 0 Å². The SMILES string of the molecule is COC(=O)C1=CCCN(CCOc2cc(C)ccc2C)C1. The van der Waals surface area contributed by atoms with Crippen LogP contribution in [0.25, 0.3) is 0 Å². The van der Waals surface area contributed by atoms with E-state index in [9.17, 15) is 4.79 Å². The number of nitrogens with zero attached hydrogens (tertiary/aromatic N) is 1. The Morgan fingerprint density at radius 2 is 2.14 bits per heavy atom. The number of carbonyl (C=O) groups excluding carboxylic acids is 1.